The number of rotatable bonds is 3. The number of aromatic amines is 1. The summed E-state index contributed by atoms with van der Waals surface area (Å²) in [6, 6.07) is 2.41. The summed E-state index contributed by atoms with van der Waals surface area (Å²) < 4.78 is 0. The molecular weight excluding hydrogens is 252 g/mol. The third kappa shape index (κ3) is 1.86. The number of nitrogens with one attached hydrogen (secondary N) is 1. The van der Waals surface area contributed by atoms with Crippen LogP contribution in [0.5, 0.6) is 0 Å². The Morgan fingerprint density at radius 3 is 3.05 bits per heavy atom. The maximum absolute atomic E-state index is 11.5. The van der Waals surface area contributed by atoms with Gasteiger partial charge in [-0.3, -0.25) is 9.78 Å². The van der Waals surface area contributed by atoms with E-state index in [9.17, 15) is 4.79 Å². The number of H-pyrrole nitrogens is 1. The molecule has 1 amide bonds. The molecule has 1 aliphatic heterocycles. The van der Waals surface area contributed by atoms with Crippen LogP contribution in [0, 0.1) is 6.92 Å². The monoisotopic (exact) mass is 270 g/mol. The van der Waals surface area contributed by atoms with Crippen molar-refractivity contribution in [3.8, 4) is 0 Å². The second-order valence-corrected chi connectivity index (χ2v) is 5.21. The standard InChI is InChI=1S/C15H18N4O/c1-4-14(20)19-8-11(9-19)18(3)13-7-17-10(2)15-12(13)5-6-16-15/h4-7,11,16H,1,8-9H2,2-3H3. The Bertz CT molecular complexity index is 670. The number of amides is 1. The molecule has 2 aromatic rings. The van der Waals surface area contributed by atoms with Crippen molar-refractivity contribution in [2.75, 3.05) is 25.0 Å². The molecule has 0 aromatic carbocycles. The summed E-state index contributed by atoms with van der Waals surface area (Å²) in [5.74, 6) is 0.00322. The topological polar surface area (TPSA) is 52.2 Å². The average molecular weight is 270 g/mol. The van der Waals surface area contributed by atoms with Crippen molar-refractivity contribution in [2.45, 2.75) is 13.0 Å². The fraction of sp³-hybridized carbons (Fsp3) is 0.333. The number of hydrogen-bond donors (Lipinski definition) is 1. The molecule has 5 heteroatoms. The Morgan fingerprint density at radius 2 is 2.35 bits per heavy atom. The van der Waals surface area contributed by atoms with E-state index < -0.39 is 0 Å². The van der Waals surface area contributed by atoms with Gasteiger partial charge in [-0.25, -0.2) is 0 Å². The number of likely N-dealkylation sites (tertiary alicyclic amines) is 1. The minimum atomic E-state index is 0.00322. The summed E-state index contributed by atoms with van der Waals surface area (Å²) in [5.41, 5.74) is 3.18. The van der Waals surface area contributed by atoms with Gasteiger partial charge in [-0.05, 0) is 19.1 Å². The molecule has 0 radical (unpaired) electrons. The molecule has 1 fully saturated rings. The lowest BCUT2D eigenvalue weighted by atomic mass is 10.1. The Labute approximate surface area is 117 Å². The largest absolute Gasteiger partial charge is 0.366 e. The summed E-state index contributed by atoms with van der Waals surface area (Å²) >= 11 is 0. The van der Waals surface area contributed by atoms with Crippen LogP contribution in [0.3, 0.4) is 0 Å². The van der Waals surface area contributed by atoms with Crippen molar-refractivity contribution >= 4 is 22.5 Å². The average Bonchev–Trinajstić information content (AvgIpc) is 2.87. The van der Waals surface area contributed by atoms with Gasteiger partial charge in [0.15, 0.2) is 0 Å². The lowest BCUT2D eigenvalue weighted by Crippen LogP contribution is -2.60. The fourth-order valence-corrected chi connectivity index (χ4v) is 2.66. The first-order valence-corrected chi connectivity index (χ1v) is 6.68. The zero-order valence-corrected chi connectivity index (χ0v) is 11.8. The number of carbonyl (C=O) groups is 1. The number of nitrogens with zero attached hydrogens (tertiary/aromatic N) is 3. The Kier molecular flexibility index (Phi) is 2.97. The second kappa shape index (κ2) is 4.67. The minimum absolute atomic E-state index is 0.00322. The van der Waals surface area contributed by atoms with E-state index in [4.69, 9.17) is 0 Å². The van der Waals surface area contributed by atoms with E-state index in [0.29, 0.717) is 6.04 Å². The van der Waals surface area contributed by atoms with Gasteiger partial charge in [0.25, 0.3) is 0 Å². The third-order valence-corrected chi connectivity index (χ3v) is 4.04. The predicted molar refractivity (Wildman–Crippen MR) is 79.8 cm³/mol. The highest BCUT2D eigenvalue weighted by Crippen LogP contribution is 2.29. The highest BCUT2D eigenvalue weighted by molar-refractivity contribution is 5.93. The van der Waals surface area contributed by atoms with Crippen molar-refractivity contribution in [1.29, 1.82) is 0 Å². The van der Waals surface area contributed by atoms with Crippen LogP contribution >= 0.6 is 0 Å². The Hall–Kier alpha value is -2.30. The molecule has 2 aromatic heterocycles. The lowest BCUT2D eigenvalue weighted by molar-refractivity contribution is -0.130. The van der Waals surface area contributed by atoms with Crippen LogP contribution in [0.2, 0.25) is 0 Å². The molecule has 1 N–H and O–H groups in total. The normalized spacial score (nSPS) is 15.2. The lowest BCUT2D eigenvalue weighted by Gasteiger charge is -2.44. The van der Waals surface area contributed by atoms with Gasteiger partial charge in [0.05, 0.1) is 29.1 Å². The van der Waals surface area contributed by atoms with Gasteiger partial charge in [-0.1, -0.05) is 6.58 Å². The van der Waals surface area contributed by atoms with Crippen molar-refractivity contribution in [1.82, 2.24) is 14.9 Å². The Morgan fingerprint density at radius 1 is 1.60 bits per heavy atom. The molecule has 1 aliphatic rings. The van der Waals surface area contributed by atoms with Crippen LogP contribution < -0.4 is 4.90 Å². The number of pyridine rings is 1. The van der Waals surface area contributed by atoms with Gasteiger partial charge < -0.3 is 14.8 Å². The quantitative estimate of drug-likeness (QED) is 0.864. The van der Waals surface area contributed by atoms with E-state index >= 15 is 0 Å². The van der Waals surface area contributed by atoms with Crippen LogP contribution in [0.1, 0.15) is 5.69 Å². The van der Waals surface area contributed by atoms with Crippen molar-refractivity contribution in [3.63, 3.8) is 0 Å². The molecule has 1 saturated heterocycles. The number of fused-ring (bicyclic) bond motifs is 1. The van der Waals surface area contributed by atoms with Gasteiger partial charge in [0.1, 0.15) is 0 Å². The van der Waals surface area contributed by atoms with Crippen molar-refractivity contribution in [2.24, 2.45) is 0 Å². The molecule has 3 rings (SSSR count). The number of anilines is 1. The zero-order valence-electron chi connectivity index (χ0n) is 11.8. The molecule has 104 valence electrons. The molecule has 0 aliphatic carbocycles. The maximum Gasteiger partial charge on any atom is 0.246 e. The molecule has 0 atom stereocenters. The molecule has 0 bridgehead atoms. The minimum Gasteiger partial charge on any atom is -0.366 e. The van der Waals surface area contributed by atoms with E-state index in [-0.39, 0.29) is 5.91 Å². The predicted octanol–water partition coefficient (Wildman–Crippen LogP) is 1.70. The van der Waals surface area contributed by atoms with E-state index in [1.165, 1.54) is 11.5 Å². The van der Waals surface area contributed by atoms with Crippen molar-refractivity contribution < 1.29 is 4.79 Å². The highest BCUT2D eigenvalue weighted by Gasteiger charge is 2.33. The fourth-order valence-electron chi connectivity index (χ4n) is 2.66. The first kappa shape index (κ1) is 12.7. The van der Waals surface area contributed by atoms with Crippen LogP contribution in [0.4, 0.5) is 5.69 Å². The van der Waals surface area contributed by atoms with E-state index in [0.717, 1.165) is 30.0 Å². The summed E-state index contributed by atoms with van der Waals surface area (Å²) in [4.78, 5) is 23.2. The smallest absolute Gasteiger partial charge is 0.246 e. The van der Waals surface area contributed by atoms with Crippen LogP contribution in [0.15, 0.2) is 31.1 Å². The highest BCUT2D eigenvalue weighted by atomic mass is 16.2. The van der Waals surface area contributed by atoms with Gasteiger partial charge in [-0.2, -0.15) is 0 Å². The second-order valence-electron chi connectivity index (χ2n) is 5.21. The molecule has 5 nitrogen and oxygen atoms in total. The summed E-state index contributed by atoms with van der Waals surface area (Å²) in [7, 11) is 2.05. The SMILES string of the molecule is C=CC(=O)N1CC(N(C)c2cnc(C)c3[nH]ccc23)C1. The van der Waals surface area contributed by atoms with Gasteiger partial charge in [0.2, 0.25) is 5.91 Å². The number of carbonyl (C=O) groups excluding carboxylic acids is 1. The van der Waals surface area contributed by atoms with Gasteiger partial charge in [0, 0.05) is 31.7 Å². The maximum atomic E-state index is 11.5. The third-order valence-electron chi connectivity index (χ3n) is 4.04. The van der Waals surface area contributed by atoms with Gasteiger partial charge >= 0.3 is 0 Å². The van der Waals surface area contributed by atoms with E-state index in [2.05, 4.69) is 34.6 Å². The first-order chi connectivity index (χ1) is 9.61. The summed E-state index contributed by atoms with van der Waals surface area (Å²) in [6.07, 6.45) is 5.21. The zero-order chi connectivity index (χ0) is 14.3. The molecule has 0 spiro atoms. The Balaban J connectivity index is 1.82. The van der Waals surface area contributed by atoms with Gasteiger partial charge in [-0.15, -0.1) is 0 Å². The molecular formula is C15H18N4O. The van der Waals surface area contributed by atoms with Crippen LogP contribution in [-0.2, 0) is 4.79 Å². The molecule has 0 saturated carbocycles. The number of aromatic nitrogens is 2. The number of aryl methyl sites for hydroxylation is 1. The molecule has 20 heavy (non-hydrogen) atoms. The van der Waals surface area contributed by atoms with E-state index in [1.54, 1.807) is 4.90 Å². The molecule has 3 heterocycles. The van der Waals surface area contributed by atoms with Crippen LogP contribution in [-0.4, -0.2) is 47.0 Å². The van der Waals surface area contributed by atoms with Crippen molar-refractivity contribution in [3.05, 3.63) is 36.8 Å². The molecule has 0 unspecified atom stereocenters. The van der Waals surface area contributed by atoms with Crippen LogP contribution in [0.25, 0.3) is 10.9 Å². The number of likely N-dealkylation sites (N-methyl/N-ethyl adjacent to an activating group) is 1. The summed E-state index contributed by atoms with van der Waals surface area (Å²) in [5, 5.41) is 1.17. The summed E-state index contributed by atoms with van der Waals surface area (Å²) in [6.45, 7) is 6.99. The first-order valence-electron chi connectivity index (χ1n) is 6.68. The number of hydrogen-bond acceptors (Lipinski definition) is 3. The van der Waals surface area contributed by atoms with E-state index in [1.807, 2.05) is 19.3 Å².